The molecule has 1 heterocycles. The molecule has 0 unspecified atom stereocenters. The zero-order chi connectivity index (χ0) is 13.8. The highest BCUT2D eigenvalue weighted by atomic mass is 16.4. The summed E-state index contributed by atoms with van der Waals surface area (Å²) in [6.07, 6.45) is 0.918. The van der Waals surface area contributed by atoms with Gasteiger partial charge in [0, 0.05) is 24.2 Å². The highest BCUT2D eigenvalue weighted by Crippen LogP contribution is 2.23. The van der Waals surface area contributed by atoms with Gasteiger partial charge in [0.2, 0.25) is 5.91 Å². The number of aliphatic carboxylic acids is 1. The normalized spacial score (nSPS) is 13.4. The van der Waals surface area contributed by atoms with Crippen LogP contribution in [0.25, 0.3) is 0 Å². The van der Waals surface area contributed by atoms with E-state index < -0.39 is 5.97 Å². The number of hydrogen-bond acceptors (Lipinski definition) is 3. The van der Waals surface area contributed by atoms with Crippen LogP contribution in [0.5, 0.6) is 0 Å². The van der Waals surface area contributed by atoms with Crippen molar-refractivity contribution in [2.75, 3.05) is 11.9 Å². The van der Waals surface area contributed by atoms with E-state index in [0.29, 0.717) is 18.4 Å². The lowest BCUT2D eigenvalue weighted by atomic mass is 10.00. The monoisotopic (exact) mass is 262 g/mol. The second kappa shape index (κ2) is 5.51. The summed E-state index contributed by atoms with van der Waals surface area (Å²) in [4.78, 5) is 33.3. The van der Waals surface area contributed by atoms with Crippen LogP contribution in [0.4, 0.5) is 5.69 Å². The number of carbonyl (C=O) groups excluding carboxylic acids is 2. The van der Waals surface area contributed by atoms with Crippen LogP contribution >= 0.6 is 0 Å². The molecular weight excluding hydrogens is 248 g/mol. The molecule has 0 saturated heterocycles. The van der Waals surface area contributed by atoms with Crippen molar-refractivity contribution < 1.29 is 19.5 Å². The molecule has 3 N–H and O–H groups in total. The molecule has 0 aliphatic carbocycles. The Kier molecular flexibility index (Phi) is 3.79. The van der Waals surface area contributed by atoms with Crippen LogP contribution in [0, 0.1) is 0 Å². The molecule has 0 atom stereocenters. The first-order chi connectivity index (χ1) is 9.06. The maximum absolute atomic E-state index is 11.8. The minimum absolute atomic E-state index is 0.0221. The van der Waals surface area contributed by atoms with Gasteiger partial charge in [0.15, 0.2) is 0 Å². The number of amides is 2. The lowest BCUT2D eigenvalue weighted by molar-refractivity contribution is -0.136. The summed E-state index contributed by atoms with van der Waals surface area (Å²) < 4.78 is 0. The number of nitrogens with one attached hydrogen (secondary N) is 2. The average molecular weight is 262 g/mol. The van der Waals surface area contributed by atoms with E-state index in [-0.39, 0.29) is 24.8 Å². The van der Waals surface area contributed by atoms with Crippen LogP contribution in [0.3, 0.4) is 0 Å². The van der Waals surface area contributed by atoms with Gasteiger partial charge in [0.1, 0.15) is 0 Å². The third kappa shape index (κ3) is 3.31. The summed E-state index contributed by atoms with van der Waals surface area (Å²) in [5.41, 5.74) is 2.13. The van der Waals surface area contributed by atoms with E-state index in [2.05, 4.69) is 10.6 Å². The Bertz CT molecular complexity index is 539. The number of fused-ring (bicyclic) bond motifs is 1. The second-order valence-corrected chi connectivity index (χ2v) is 4.32. The first-order valence-corrected chi connectivity index (χ1v) is 5.99. The number of hydrogen-bond donors (Lipinski definition) is 3. The van der Waals surface area contributed by atoms with E-state index >= 15 is 0 Å². The van der Waals surface area contributed by atoms with Gasteiger partial charge in [0.25, 0.3) is 5.91 Å². The molecule has 2 amide bonds. The molecule has 1 aliphatic rings. The predicted molar refractivity (Wildman–Crippen MR) is 68.0 cm³/mol. The molecule has 0 aromatic heterocycles. The van der Waals surface area contributed by atoms with Gasteiger partial charge in [-0.15, -0.1) is 0 Å². The molecule has 0 fully saturated rings. The van der Waals surface area contributed by atoms with Gasteiger partial charge < -0.3 is 15.7 Å². The Hall–Kier alpha value is -2.37. The summed E-state index contributed by atoms with van der Waals surface area (Å²) in [5.74, 6) is -1.28. The number of aryl methyl sites for hydroxylation is 1. The largest absolute Gasteiger partial charge is 0.481 e. The Balaban J connectivity index is 2.03. The van der Waals surface area contributed by atoms with Crippen LogP contribution in [0.15, 0.2) is 18.2 Å². The molecule has 1 aromatic rings. The zero-order valence-corrected chi connectivity index (χ0v) is 10.2. The van der Waals surface area contributed by atoms with Gasteiger partial charge >= 0.3 is 5.97 Å². The van der Waals surface area contributed by atoms with Crippen molar-refractivity contribution in [3.63, 3.8) is 0 Å². The zero-order valence-electron chi connectivity index (χ0n) is 10.2. The summed E-state index contributed by atoms with van der Waals surface area (Å²) in [6.45, 7) is 0.0992. The minimum atomic E-state index is -0.951. The predicted octanol–water partition coefficient (Wildman–Crippen LogP) is 0.776. The fourth-order valence-corrected chi connectivity index (χ4v) is 1.91. The van der Waals surface area contributed by atoms with E-state index in [4.69, 9.17) is 5.11 Å². The van der Waals surface area contributed by atoms with Gasteiger partial charge in [-0.25, -0.2) is 0 Å². The molecule has 6 nitrogen and oxygen atoms in total. The molecule has 19 heavy (non-hydrogen) atoms. The fourth-order valence-electron chi connectivity index (χ4n) is 1.91. The number of rotatable bonds is 4. The molecule has 1 aromatic carbocycles. The fraction of sp³-hybridized carbons (Fsp3) is 0.308. The van der Waals surface area contributed by atoms with Crippen molar-refractivity contribution in [1.82, 2.24) is 5.32 Å². The Labute approximate surface area is 109 Å². The molecule has 2 rings (SSSR count). The van der Waals surface area contributed by atoms with Crippen molar-refractivity contribution in [2.45, 2.75) is 19.3 Å². The summed E-state index contributed by atoms with van der Waals surface area (Å²) >= 11 is 0. The maximum Gasteiger partial charge on any atom is 0.305 e. The van der Waals surface area contributed by atoms with Gasteiger partial charge in [-0.2, -0.15) is 0 Å². The third-order valence-electron chi connectivity index (χ3n) is 2.89. The third-order valence-corrected chi connectivity index (χ3v) is 2.89. The van der Waals surface area contributed by atoms with Crippen molar-refractivity contribution in [3.05, 3.63) is 29.3 Å². The van der Waals surface area contributed by atoms with Crippen molar-refractivity contribution in [3.8, 4) is 0 Å². The van der Waals surface area contributed by atoms with Gasteiger partial charge in [-0.1, -0.05) is 0 Å². The molecule has 0 bridgehead atoms. The molecule has 0 spiro atoms. The first kappa shape index (κ1) is 13.1. The number of carbonyl (C=O) groups is 3. The average Bonchev–Trinajstić information content (AvgIpc) is 2.37. The van der Waals surface area contributed by atoms with Crippen LogP contribution in [-0.2, 0) is 16.0 Å². The van der Waals surface area contributed by atoms with Crippen LogP contribution in [0.2, 0.25) is 0 Å². The van der Waals surface area contributed by atoms with Crippen LogP contribution in [-0.4, -0.2) is 29.4 Å². The van der Waals surface area contributed by atoms with E-state index in [0.717, 1.165) is 11.3 Å². The van der Waals surface area contributed by atoms with E-state index in [1.54, 1.807) is 18.2 Å². The molecular formula is C13H14N2O4. The maximum atomic E-state index is 11.8. The Morgan fingerprint density at radius 2 is 2.11 bits per heavy atom. The molecule has 1 aliphatic heterocycles. The van der Waals surface area contributed by atoms with Crippen molar-refractivity contribution in [2.24, 2.45) is 0 Å². The molecule has 100 valence electrons. The SMILES string of the molecule is O=C(O)CCNC(=O)c1ccc2c(c1)CCC(=O)N2. The lowest BCUT2D eigenvalue weighted by Crippen LogP contribution is -2.26. The topological polar surface area (TPSA) is 95.5 Å². The summed E-state index contributed by atoms with van der Waals surface area (Å²) in [6, 6.07) is 5.03. The standard InChI is InChI=1S/C13H14N2O4/c16-11-4-2-8-7-9(1-3-10(8)15-11)13(19)14-6-5-12(17)18/h1,3,7H,2,4-6H2,(H,14,19)(H,15,16)(H,17,18). The van der Waals surface area contributed by atoms with E-state index in [1.165, 1.54) is 0 Å². The number of benzene rings is 1. The smallest absolute Gasteiger partial charge is 0.305 e. The van der Waals surface area contributed by atoms with Crippen molar-refractivity contribution in [1.29, 1.82) is 0 Å². The Morgan fingerprint density at radius 1 is 1.32 bits per heavy atom. The molecule has 0 radical (unpaired) electrons. The van der Waals surface area contributed by atoms with Crippen LogP contribution in [0.1, 0.15) is 28.8 Å². The van der Waals surface area contributed by atoms with Crippen molar-refractivity contribution >= 4 is 23.5 Å². The van der Waals surface area contributed by atoms with Gasteiger partial charge in [-0.05, 0) is 30.2 Å². The van der Waals surface area contributed by atoms with Crippen LogP contribution < -0.4 is 10.6 Å². The van der Waals surface area contributed by atoms with E-state index in [1.807, 2.05) is 0 Å². The second-order valence-electron chi connectivity index (χ2n) is 4.32. The number of carboxylic acids is 1. The summed E-state index contributed by atoms with van der Waals surface area (Å²) in [5, 5.41) is 13.8. The number of anilines is 1. The minimum Gasteiger partial charge on any atom is -0.481 e. The first-order valence-electron chi connectivity index (χ1n) is 5.99. The molecule has 6 heteroatoms. The highest BCUT2D eigenvalue weighted by molar-refractivity contribution is 5.98. The molecule has 0 saturated carbocycles. The van der Waals surface area contributed by atoms with Gasteiger partial charge in [-0.3, -0.25) is 14.4 Å². The summed E-state index contributed by atoms with van der Waals surface area (Å²) in [7, 11) is 0. The number of carboxylic acid groups (broad SMARTS) is 1. The Morgan fingerprint density at radius 3 is 2.84 bits per heavy atom. The lowest BCUT2D eigenvalue weighted by Gasteiger charge is -2.17. The van der Waals surface area contributed by atoms with Gasteiger partial charge in [0.05, 0.1) is 6.42 Å². The highest BCUT2D eigenvalue weighted by Gasteiger charge is 2.16. The van der Waals surface area contributed by atoms with E-state index in [9.17, 15) is 14.4 Å². The quantitative estimate of drug-likeness (QED) is 0.747.